The van der Waals surface area contributed by atoms with Crippen LogP contribution in [0.25, 0.3) is 10.9 Å². The highest BCUT2D eigenvalue weighted by molar-refractivity contribution is 6.03. The molecule has 0 aliphatic carbocycles. The lowest BCUT2D eigenvalue weighted by atomic mass is 10.1. The number of carbonyl (C=O) groups is 1. The van der Waals surface area contributed by atoms with E-state index in [1.54, 1.807) is 12.3 Å². The Bertz CT molecular complexity index is 604. The highest BCUT2D eigenvalue weighted by atomic mass is 16.5. The summed E-state index contributed by atoms with van der Waals surface area (Å²) in [6, 6.07) is 9.22. The lowest BCUT2D eigenvalue weighted by Gasteiger charge is -2.09. The van der Waals surface area contributed by atoms with Crippen LogP contribution in [0.2, 0.25) is 0 Å². The highest BCUT2D eigenvalue weighted by Crippen LogP contribution is 2.17. The standard InChI is InChI=1S/C15H17N3O2/c19-15(20-8-6-11-9-17-18-10-11)13-3-1-5-14-12(13)4-2-7-16-14/h1-5,7,11,17-18H,6,8-10H2. The number of hydrogen-bond acceptors (Lipinski definition) is 5. The van der Waals surface area contributed by atoms with Crippen LogP contribution in [-0.4, -0.2) is 30.6 Å². The fourth-order valence-corrected chi connectivity index (χ4v) is 2.39. The summed E-state index contributed by atoms with van der Waals surface area (Å²) in [6.45, 7) is 2.30. The molecule has 2 aromatic rings. The second-order valence-electron chi connectivity index (χ2n) is 4.93. The van der Waals surface area contributed by atoms with E-state index in [-0.39, 0.29) is 5.97 Å². The van der Waals surface area contributed by atoms with Crippen LogP contribution in [0, 0.1) is 5.92 Å². The molecule has 0 bridgehead atoms. The zero-order valence-corrected chi connectivity index (χ0v) is 11.1. The van der Waals surface area contributed by atoms with Gasteiger partial charge in [-0.05, 0) is 30.5 Å². The Morgan fingerprint density at radius 3 is 2.95 bits per heavy atom. The lowest BCUT2D eigenvalue weighted by molar-refractivity contribution is 0.0489. The fourth-order valence-electron chi connectivity index (χ4n) is 2.39. The van der Waals surface area contributed by atoms with Crippen LogP contribution in [0.3, 0.4) is 0 Å². The molecule has 1 aromatic heterocycles. The first-order valence-electron chi connectivity index (χ1n) is 6.81. The predicted molar refractivity (Wildman–Crippen MR) is 76.1 cm³/mol. The van der Waals surface area contributed by atoms with Gasteiger partial charge in [0, 0.05) is 24.7 Å². The summed E-state index contributed by atoms with van der Waals surface area (Å²) in [5.41, 5.74) is 7.53. The van der Waals surface area contributed by atoms with Crippen molar-refractivity contribution in [3.8, 4) is 0 Å². The number of fused-ring (bicyclic) bond motifs is 1. The molecule has 0 atom stereocenters. The minimum atomic E-state index is -0.275. The summed E-state index contributed by atoms with van der Waals surface area (Å²) < 4.78 is 5.38. The Labute approximate surface area is 117 Å². The first kappa shape index (κ1) is 13.0. The monoisotopic (exact) mass is 271 g/mol. The second kappa shape index (κ2) is 5.98. The van der Waals surface area contributed by atoms with E-state index >= 15 is 0 Å². The van der Waals surface area contributed by atoms with Crippen molar-refractivity contribution < 1.29 is 9.53 Å². The Kier molecular flexibility index (Phi) is 3.90. The van der Waals surface area contributed by atoms with Gasteiger partial charge in [-0.3, -0.25) is 15.8 Å². The molecule has 2 N–H and O–H groups in total. The van der Waals surface area contributed by atoms with Gasteiger partial charge in [-0.1, -0.05) is 12.1 Å². The van der Waals surface area contributed by atoms with E-state index in [9.17, 15) is 4.79 Å². The third-order valence-corrected chi connectivity index (χ3v) is 3.53. The number of esters is 1. The Morgan fingerprint density at radius 2 is 2.10 bits per heavy atom. The van der Waals surface area contributed by atoms with Crippen molar-refractivity contribution in [1.82, 2.24) is 15.8 Å². The molecule has 20 heavy (non-hydrogen) atoms. The molecule has 0 amide bonds. The largest absolute Gasteiger partial charge is 0.462 e. The maximum atomic E-state index is 12.2. The molecule has 1 aliphatic heterocycles. The average molecular weight is 271 g/mol. The van der Waals surface area contributed by atoms with Gasteiger partial charge in [0.1, 0.15) is 0 Å². The summed E-state index contributed by atoms with van der Waals surface area (Å²) in [7, 11) is 0. The quantitative estimate of drug-likeness (QED) is 0.825. The van der Waals surface area contributed by atoms with E-state index in [0.717, 1.165) is 30.4 Å². The number of benzene rings is 1. The third-order valence-electron chi connectivity index (χ3n) is 3.53. The van der Waals surface area contributed by atoms with Gasteiger partial charge in [-0.25, -0.2) is 4.79 Å². The summed E-state index contributed by atoms with van der Waals surface area (Å²) in [4.78, 5) is 16.4. The molecule has 1 aliphatic rings. The van der Waals surface area contributed by atoms with Gasteiger partial charge in [0.05, 0.1) is 17.7 Å². The number of ether oxygens (including phenoxy) is 1. The molecular formula is C15H17N3O2. The Morgan fingerprint density at radius 1 is 1.25 bits per heavy atom. The summed E-state index contributed by atoms with van der Waals surface area (Å²) >= 11 is 0. The number of nitrogens with zero attached hydrogens (tertiary/aromatic N) is 1. The van der Waals surface area contributed by atoms with Crippen LogP contribution in [-0.2, 0) is 4.74 Å². The average Bonchev–Trinajstić information content (AvgIpc) is 3.00. The molecule has 0 radical (unpaired) electrons. The van der Waals surface area contributed by atoms with Gasteiger partial charge in [-0.15, -0.1) is 0 Å². The van der Waals surface area contributed by atoms with Crippen molar-refractivity contribution in [2.24, 2.45) is 5.92 Å². The normalized spacial score (nSPS) is 15.6. The number of hydrogen-bond donors (Lipinski definition) is 2. The molecule has 0 saturated carbocycles. The topological polar surface area (TPSA) is 63.2 Å². The SMILES string of the molecule is O=C(OCCC1CNNC1)c1cccc2ncccc12. The molecular weight excluding hydrogens is 254 g/mol. The summed E-state index contributed by atoms with van der Waals surface area (Å²) in [5.74, 6) is 0.250. The smallest absolute Gasteiger partial charge is 0.338 e. The summed E-state index contributed by atoms with van der Waals surface area (Å²) in [6.07, 6.45) is 2.59. The molecule has 1 aromatic carbocycles. The maximum Gasteiger partial charge on any atom is 0.338 e. The maximum absolute atomic E-state index is 12.2. The van der Waals surface area contributed by atoms with Gasteiger partial charge in [0.25, 0.3) is 0 Å². The summed E-state index contributed by atoms with van der Waals surface area (Å²) in [5, 5.41) is 0.837. The highest BCUT2D eigenvalue weighted by Gasteiger charge is 2.16. The number of carbonyl (C=O) groups excluding carboxylic acids is 1. The van der Waals surface area contributed by atoms with Crippen molar-refractivity contribution >= 4 is 16.9 Å². The van der Waals surface area contributed by atoms with Crippen molar-refractivity contribution in [2.45, 2.75) is 6.42 Å². The molecule has 0 unspecified atom stereocenters. The Hall–Kier alpha value is -1.98. The van der Waals surface area contributed by atoms with Crippen LogP contribution in [0.5, 0.6) is 0 Å². The van der Waals surface area contributed by atoms with E-state index < -0.39 is 0 Å². The zero-order chi connectivity index (χ0) is 13.8. The number of aromatic nitrogens is 1. The van der Waals surface area contributed by atoms with E-state index in [1.165, 1.54) is 0 Å². The van der Waals surface area contributed by atoms with Crippen LogP contribution in [0.4, 0.5) is 0 Å². The van der Waals surface area contributed by atoms with E-state index in [2.05, 4.69) is 15.8 Å². The molecule has 3 rings (SSSR count). The third kappa shape index (κ3) is 2.79. The van der Waals surface area contributed by atoms with E-state index in [4.69, 9.17) is 4.74 Å². The second-order valence-corrected chi connectivity index (χ2v) is 4.93. The van der Waals surface area contributed by atoms with Crippen LogP contribution < -0.4 is 10.9 Å². The molecule has 5 nitrogen and oxygen atoms in total. The molecule has 1 fully saturated rings. The van der Waals surface area contributed by atoms with Crippen molar-refractivity contribution in [1.29, 1.82) is 0 Å². The van der Waals surface area contributed by atoms with Gasteiger partial charge in [0.15, 0.2) is 0 Å². The predicted octanol–water partition coefficient (Wildman–Crippen LogP) is 1.51. The lowest BCUT2D eigenvalue weighted by Crippen LogP contribution is -2.21. The van der Waals surface area contributed by atoms with Crippen molar-refractivity contribution in [3.05, 3.63) is 42.1 Å². The number of hydrazine groups is 1. The fraction of sp³-hybridized carbons (Fsp3) is 0.333. The molecule has 2 heterocycles. The van der Waals surface area contributed by atoms with E-state index in [1.807, 2.05) is 24.3 Å². The van der Waals surface area contributed by atoms with Crippen LogP contribution >= 0.6 is 0 Å². The number of pyridine rings is 1. The number of rotatable bonds is 4. The van der Waals surface area contributed by atoms with Gasteiger partial charge >= 0.3 is 5.97 Å². The van der Waals surface area contributed by atoms with Gasteiger partial charge in [0.2, 0.25) is 0 Å². The Balaban J connectivity index is 1.66. The molecule has 5 heteroatoms. The van der Waals surface area contributed by atoms with Crippen molar-refractivity contribution in [2.75, 3.05) is 19.7 Å². The minimum Gasteiger partial charge on any atom is -0.462 e. The zero-order valence-electron chi connectivity index (χ0n) is 11.1. The van der Waals surface area contributed by atoms with Crippen molar-refractivity contribution in [3.63, 3.8) is 0 Å². The van der Waals surface area contributed by atoms with Gasteiger partial charge < -0.3 is 4.74 Å². The van der Waals surface area contributed by atoms with Crippen LogP contribution in [0.15, 0.2) is 36.5 Å². The minimum absolute atomic E-state index is 0.275. The van der Waals surface area contributed by atoms with Crippen LogP contribution in [0.1, 0.15) is 16.8 Å². The molecule has 1 saturated heterocycles. The van der Waals surface area contributed by atoms with E-state index in [0.29, 0.717) is 18.1 Å². The number of nitrogens with one attached hydrogen (secondary N) is 2. The molecule has 104 valence electrons. The molecule has 0 spiro atoms. The first-order valence-corrected chi connectivity index (χ1v) is 6.81. The first-order chi connectivity index (χ1) is 9.84. The van der Waals surface area contributed by atoms with Gasteiger partial charge in [-0.2, -0.15) is 0 Å².